The number of anilines is 1. The lowest BCUT2D eigenvalue weighted by Crippen LogP contribution is -2.40. The first-order chi connectivity index (χ1) is 14.0. The van der Waals surface area contributed by atoms with Crippen molar-refractivity contribution in [1.82, 2.24) is 15.1 Å². The Hall–Kier alpha value is -1.70. The highest BCUT2D eigenvalue weighted by atomic mass is 35.5. The highest BCUT2D eigenvalue weighted by Gasteiger charge is 2.20. The number of halogens is 1. The zero-order chi connectivity index (χ0) is 20.7. The predicted octanol–water partition coefficient (Wildman–Crippen LogP) is 4.17. The molecule has 158 valence electrons. The highest BCUT2D eigenvalue weighted by Crippen LogP contribution is 2.20. The molecule has 1 unspecified atom stereocenters. The molecule has 3 rings (SSSR count). The van der Waals surface area contributed by atoms with Crippen LogP contribution in [0, 0.1) is 0 Å². The van der Waals surface area contributed by atoms with E-state index in [1.165, 1.54) is 38.3 Å². The Morgan fingerprint density at radius 1 is 1.14 bits per heavy atom. The number of aromatic nitrogens is 2. The smallest absolute Gasteiger partial charge is 0.201 e. The average Bonchev–Trinajstić information content (AvgIpc) is 2.73. The third-order valence-corrected chi connectivity index (χ3v) is 7.20. The molecule has 1 N–H and O–H groups in total. The summed E-state index contributed by atoms with van der Waals surface area (Å²) in [5.41, 5.74) is 0.668. The van der Waals surface area contributed by atoms with Crippen LogP contribution in [-0.4, -0.2) is 49.2 Å². The maximum Gasteiger partial charge on any atom is 0.201 e. The predicted molar refractivity (Wildman–Crippen MR) is 117 cm³/mol. The second-order valence-electron chi connectivity index (χ2n) is 7.52. The zero-order valence-electron chi connectivity index (χ0n) is 16.8. The Kier molecular flexibility index (Phi) is 7.86. The quantitative estimate of drug-likeness (QED) is 0.594. The molecule has 1 aliphatic heterocycles. The van der Waals surface area contributed by atoms with E-state index in [2.05, 4.69) is 27.3 Å². The van der Waals surface area contributed by atoms with Crippen LogP contribution in [0.1, 0.15) is 44.6 Å². The van der Waals surface area contributed by atoms with Crippen LogP contribution in [0.25, 0.3) is 0 Å². The van der Waals surface area contributed by atoms with E-state index in [1.807, 2.05) is 0 Å². The van der Waals surface area contributed by atoms with Crippen LogP contribution in [-0.2, 0) is 15.6 Å². The molecule has 2 aromatic rings. The fraction of sp³-hybridized carbons (Fsp3) is 0.524. The number of rotatable bonds is 9. The second kappa shape index (κ2) is 10.4. The van der Waals surface area contributed by atoms with Gasteiger partial charge in [-0.15, -0.1) is 10.2 Å². The van der Waals surface area contributed by atoms with Crippen LogP contribution < -0.4 is 5.32 Å². The van der Waals surface area contributed by atoms with Gasteiger partial charge in [-0.1, -0.05) is 37.1 Å². The molecule has 0 radical (unpaired) electrons. The van der Waals surface area contributed by atoms with Gasteiger partial charge in [0.1, 0.15) is 5.82 Å². The lowest BCUT2D eigenvalue weighted by Gasteiger charge is -2.35. The van der Waals surface area contributed by atoms with E-state index in [1.54, 1.807) is 30.3 Å². The molecule has 0 saturated carbocycles. The van der Waals surface area contributed by atoms with Gasteiger partial charge in [0, 0.05) is 24.2 Å². The molecular formula is C21H29ClN4O2S. The van der Waals surface area contributed by atoms with Gasteiger partial charge < -0.3 is 10.2 Å². The van der Waals surface area contributed by atoms with E-state index in [0.29, 0.717) is 22.4 Å². The molecule has 0 bridgehead atoms. The van der Waals surface area contributed by atoms with Gasteiger partial charge in [0.05, 0.1) is 5.75 Å². The minimum absolute atomic E-state index is 0.0166. The summed E-state index contributed by atoms with van der Waals surface area (Å²) in [5.74, 6) is 0.473. The molecule has 1 aromatic heterocycles. The van der Waals surface area contributed by atoms with Crippen molar-refractivity contribution < 1.29 is 8.42 Å². The number of benzene rings is 1. The van der Waals surface area contributed by atoms with Gasteiger partial charge in [-0.25, -0.2) is 8.42 Å². The topological polar surface area (TPSA) is 75.2 Å². The Bertz CT molecular complexity index is 873. The number of nitrogens with one attached hydrogen (secondary N) is 1. The number of hydrogen-bond donors (Lipinski definition) is 1. The number of hydrogen-bond acceptors (Lipinski definition) is 6. The second-order valence-corrected chi connectivity index (χ2v) is 9.89. The first-order valence-corrected chi connectivity index (χ1v) is 12.3. The molecule has 0 amide bonds. The first-order valence-electron chi connectivity index (χ1n) is 10.3. The lowest BCUT2D eigenvalue weighted by molar-refractivity contribution is 0.144. The van der Waals surface area contributed by atoms with Crippen LogP contribution in [0.4, 0.5) is 5.82 Å². The van der Waals surface area contributed by atoms with Crippen LogP contribution >= 0.6 is 11.6 Å². The van der Waals surface area contributed by atoms with Crippen LogP contribution in [0.3, 0.4) is 0 Å². The summed E-state index contributed by atoms with van der Waals surface area (Å²) in [6.45, 7) is 5.32. The summed E-state index contributed by atoms with van der Waals surface area (Å²) in [6, 6.07) is 10.7. The van der Waals surface area contributed by atoms with Gasteiger partial charge in [-0.3, -0.25) is 0 Å². The third kappa shape index (κ3) is 6.39. The Morgan fingerprint density at radius 2 is 1.93 bits per heavy atom. The molecule has 8 heteroatoms. The maximum atomic E-state index is 12.5. The Labute approximate surface area is 178 Å². The molecular weight excluding hydrogens is 408 g/mol. The fourth-order valence-corrected chi connectivity index (χ4v) is 5.12. The fourth-order valence-electron chi connectivity index (χ4n) is 3.77. The van der Waals surface area contributed by atoms with Crippen molar-refractivity contribution in [2.24, 2.45) is 0 Å². The van der Waals surface area contributed by atoms with Gasteiger partial charge >= 0.3 is 0 Å². The van der Waals surface area contributed by atoms with Crippen molar-refractivity contribution in [2.45, 2.75) is 55.8 Å². The van der Waals surface area contributed by atoms with Gasteiger partial charge in [0.25, 0.3) is 0 Å². The minimum atomic E-state index is -3.54. The van der Waals surface area contributed by atoms with E-state index < -0.39 is 9.84 Å². The lowest BCUT2D eigenvalue weighted by atomic mass is 10.00. The summed E-state index contributed by atoms with van der Waals surface area (Å²) < 4.78 is 25.1. The van der Waals surface area contributed by atoms with Crippen molar-refractivity contribution in [3.8, 4) is 0 Å². The highest BCUT2D eigenvalue weighted by molar-refractivity contribution is 7.90. The molecule has 1 aromatic carbocycles. The maximum absolute atomic E-state index is 12.5. The van der Waals surface area contributed by atoms with Crippen molar-refractivity contribution in [3.63, 3.8) is 0 Å². The molecule has 0 aliphatic carbocycles. The Morgan fingerprint density at radius 3 is 2.62 bits per heavy atom. The van der Waals surface area contributed by atoms with Gasteiger partial charge in [0.15, 0.2) is 5.03 Å². The molecule has 1 saturated heterocycles. The molecule has 2 heterocycles. The van der Waals surface area contributed by atoms with Crippen molar-refractivity contribution in [2.75, 3.05) is 25.0 Å². The molecule has 1 aliphatic rings. The van der Waals surface area contributed by atoms with Gasteiger partial charge in [-0.05, 0) is 62.1 Å². The third-order valence-electron chi connectivity index (χ3n) is 5.38. The number of sulfone groups is 1. The molecule has 1 atom stereocenters. The minimum Gasteiger partial charge on any atom is -0.369 e. The Balaban J connectivity index is 1.48. The summed E-state index contributed by atoms with van der Waals surface area (Å²) in [4.78, 5) is 2.59. The molecule has 6 nitrogen and oxygen atoms in total. The zero-order valence-corrected chi connectivity index (χ0v) is 18.4. The number of nitrogens with zero attached hydrogens (tertiary/aromatic N) is 3. The molecule has 1 fully saturated rings. The summed E-state index contributed by atoms with van der Waals surface area (Å²) >= 11 is 5.85. The van der Waals surface area contributed by atoms with Gasteiger partial charge in [-0.2, -0.15) is 0 Å². The van der Waals surface area contributed by atoms with E-state index in [0.717, 1.165) is 19.5 Å². The van der Waals surface area contributed by atoms with Crippen molar-refractivity contribution >= 4 is 27.3 Å². The van der Waals surface area contributed by atoms with E-state index in [9.17, 15) is 8.42 Å². The molecule has 0 spiro atoms. The largest absolute Gasteiger partial charge is 0.369 e. The number of piperidine rings is 1. The van der Waals surface area contributed by atoms with Crippen LogP contribution in [0.2, 0.25) is 5.02 Å². The number of likely N-dealkylation sites (tertiary alicyclic amines) is 1. The standard InChI is InChI=1S/C21H29ClN4O2S/c1-2-19-6-3-4-14-26(19)15-5-13-23-20-11-12-21(25-24-20)29(27,28)16-17-7-9-18(22)10-8-17/h7-12,19H,2-6,13-16H2,1H3,(H,23,24). The summed E-state index contributed by atoms with van der Waals surface area (Å²) in [5, 5.41) is 11.8. The van der Waals surface area contributed by atoms with Crippen molar-refractivity contribution in [1.29, 1.82) is 0 Å². The molecule has 29 heavy (non-hydrogen) atoms. The normalized spacial score (nSPS) is 17.9. The van der Waals surface area contributed by atoms with Gasteiger partial charge in [0.2, 0.25) is 9.84 Å². The summed E-state index contributed by atoms with van der Waals surface area (Å²) in [6.07, 6.45) is 6.18. The van der Waals surface area contributed by atoms with E-state index in [-0.39, 0.29) is 10.8 Å². The van der Waals surface area contributed by atoms with Crippen LogP contribution in [0.5, 0.6) is 0 Å². The van der Waals surface area contributed by atoms with Crippen molar-refractivity contribution in [3.05, 3.63) is 47.0 Å². The average molecular weight is 437 g/mol. The summed E-state index contributed by atoms with van der Waals surface area (Å²) in [7, 11) is -3.54. The van der Waals surface area contributed by atoms with Crippen LogP contribution in [0.15, 0.2) is 41.4 Å². The SMILES string of the molecule is CCC1CCCCN1CCCNc1ccc(S(=O)(=O)Cc2ccc(Cl)cc2)nn1. The monoisotopic (exact) mass is 436 g/mol. The first kappa shape index (κ1) is 22.0. The van der Waals surface area contributed by atoms with E-state index in [4.69, 9.17) is 11.6 Å². The van der Waals surface area contributed by atoms with E-state index >= 15 is 0 Å².